The van der Waals surface area contributed by atoms with Crippen molar-refractivity contribution in [2.24, 2.45) is 5.92 Å². The highest BCUT2D eigenvalue weighted by Gasteiger charge is 2.50. The molecule has 0 spiro atoms. The van der Waals surface area contributed by atoms with Crippen LogP contribution in [-0.4, -0.2) is 52.6 Å². The van der Waals surface area contributed by atoms with Gasteiger partial charge in [-0.25, -0.2) is 9.59 Å². The van der Waals surface area contributed by atoms with Crippen LogP contribution in [0.3, 0.4) is 0 Å². The first-order chi connectivity index (χ1) is 9.51. The smallest absolute Gasteiger partial charge is 0.329 e. The maximum atomic E-state index is 12.6. The number of carboxylic acid groups (broad SMARTS) is 1. The Morgan fingerprint density at radius 1 is 1.35 bits per heavy atom. The fourth-order valence-corrected chi connectivity index (χ4v) is 3.51. The third-order valence-electron chi connectivity index (χ3n) is 4.86. The zero-order valence-corrected chi connectivity index (χ0v) is 12.6. The van der Waals surface area contributed by atoms with E-state index >= 15 is 0 Å². The quantitative estimate of drug-likeness (QED) is 0.843. The van der Waals surface area contributed by atoms with Crippen LogP contribution in [0, 0.1) is 5.92 Å². The van der Waals surface area contributed by atoms with Crippen molar-refractivity contribution in [1.82, 2.24) is 9.80 Å². The zero-order chi connectivity index (χ0) is 14.8. The van der Waals surface area contributed by atoms with Crippen molar-refractivity contribution in [2.45, 2.75) is 57.4 Å². The van der Waals surface area contributed by atoms with Crippen molar-refractivity contribution < 1.29 is 14.7 Å². The van der Waals surface area contributed by atoms with E-state index in [1.807, 2.05) is 6.92 Å². The number of rotatable bonds is 5. The molecule has 2 rings (SSSR count). The van der Waals surface area contributed by atoms with Crippen LogP contribution in [0.4, 0.5) is 4.79 Å². The van der Waals surface area contributed by atoms with Crippen LogP contribution >= 0.6 is 0 Å². The standard InChI is InChI=1S/C15H26N2O3/c1-3-8-15(13(18)19)9-5-10-17(15)14(20)16(2)11-12-6-4-7-12/h12H,3-11H2,1-2H3,(H,18,19). The lowest BCUT2D eigenvalue weighted by Crippen LogP contribution is -2.56. The van der Waals surface area contributed by atoms with Crippen LogP contribution in [0.2, 0.25) is 0 Å². The zero-order valence-electron chi connectivity index (χ0n) is 12.6. The van der Waals surface area contributed by atoms with E-state index in [-0.39, 0.29) is 6.03 Å². The Hall–Kier alpha value is -1.26. The Balaban J connectivity index is 2.07. The summed E-state index contributed by atoms with van der Waals surface area (Å²) in [5.74, 6) is -0.237. The summed E-state index contributed by atoms with van der Waals surface area (Å²) in [6.45, 7) is 3.31. The van der Waals surface area contributed by atoms with E-state index in [2.05, 4.69) is 0 Å². The lowest BCUT2D eigenvalue weighted by molar-refractivity contribution is -0.148. The molecular weight excluding hydrogens is 256 g/mol. The fraction of sp³-hybridized carbons (Fsp3) is 0.867. The molecule has 0 aromatic rings. The Labute approximate surface area is 120 Å². The normalized spacial score (nSPS) is 26.4. The average Bonchev–Trinajstić information content (AvgIpc) is 2.78. The first-order valence-electron chi connectivity index (χ1n) is 7.77. The summed E-state index contributed by atoms with van der Waals surface area (Å²) in [6, 6.07) is -0.106. The van der Waals surface area contributed by atoms with Crippen LogP contribution in [0.1, 0.15) is 51.9 Å². The molecule has 1 aliphatic heterocycles. The van der Waals surface area contributed by atoms with Gasteiger partial charge in [-0.2, -0.15) is 0 Å². The number of hydrogen-bond donors (Lipinski definition) is 1. The second-order valence-electron chi connectivity index (χ2n) is 6.30. The van der Waals surface area contributed by atoms with Crippen LogP contribution in [-0.2, 0) is 4.79 Å². The maximum Gasteiger partial charge on any atom is 0.329 e. The molecule has 20 heavy (non-hydrogen) atoms. The molecule has 114 valence electrons. The van der Waals surface area contributed by atoms with Gasteiger partial charge >= 0.3 is 12.0 Å². The third kappa shape index (κ3) is 2.63. The number of urea groups is 1. The molecule has 0 aromatic heterocycles. The molecule has 1 unspecified atom stereocenters. The summed E-state index contributed by atoms with van der Waals surface area (Å²) in [6.07, 6.45) is 6.33. The Morgan fingerprint density at radius 2 is 2.05 bits per heavy atom. The van der Waals surface area contributed by atoms with Crippen molar-refractivity contribution in [1.29, 1.82) is 0 Å². The summed E-state index contributed by atoms with van der Waals surface area (Å²) in [5, 5.41) is 9.62. The summed E-state index contributed by atoms with van der Waals surface area (Å²) in [5.41, 5.74) is -0.973. The number of carboxylic acids is 1. The van der Waals surface area contributed by atoms with Gasteiger partial charge in [0.05, 0.1) is 0 Å². The van der Waals surface area contributed by atoms with Gasteiger partial charge in [0.2, 0.25) is 0 Å². The van der Waals surface area contributed by atoms with Crippen LogP contribution in [0.15, 0.2) is 0 Å². The Bertz CT molecular complexity index is 381. The molecule has 0 aromatic carbocycles. The van der Waals surface area contributed by atoms with Gasteiger partial charge in [-0.3, -0.25) is 0 Å². The van der Waals surface area contributed by atoms with E-state index in [1.54, 1.807) is 16.8 Å². The fourth-order valence-electron chi connectivity index (χ4n) is 3.51. The Morgan fingerprint density at radius 3 is 2.55 bits per heavy atom. The lowest BCUT2D eigenvalue weighted by atomic mass is 9.85. The molecule has 1 atom stereocenters. The molecule has 1 heterocycles. The van der Waals surface area contributed by atoms with Crippen molar-refractivity contribution >= 4 is 12.0 Å². The molecule has 2 aliphatic rings. The summed E-state index contributed by atoms with van der Waals surface area (Å²) in [7, 11) is 1.80. The van der Waals surface area contributed by atoms with Crippen molar-refractivity contribution in [3.8, 4) is 0 Å². The van der Waals surface area contributed by atoms with Gasteiger partial charge in [0.15, 0.2) is 0 Å². The summed E-state index contributed by atoms with van der Waals surface area (Å²) < 4.78 is 0. The van der Waals surface area contributed by atoms with Crippen molar-refractivity contribution in [3.63, 3.8) is 0 Å². The first-order valence-corrected chi connectivity index (χ1v) is 7.77. The van der Waals surface area contributed by atoms with Gasteiger partial charge in [0.1, 0.15) is 5.54 Å². The number of hydrogen-bond acceptors (Lipinski definition) is 2. The van der Waals surface area contributed by atoms with E-state index < -0.39 is 11.5 Å². The van der Waals surface area contributed by atoms with Gasteiger partial charge in [-0.05, 0) is 38.0 Å². The molecule has 5 nitrogen and oxygen atoms in total. The van der Waals surface area contributed by atoms with Crippen LogP contribution < -0.4 is 0 Å². The molecular formula is C15H26N2O3. The molecule has 2 fully saturated rings. The van der Waals surface area contributed by atoms with Crippen LogP contribution in [0.5, 0.6) is 0 Å². The molecule has 1 saturated heterocycles. The SMILES string of the molecule is CCCC1(C(=O)O)CCCN1C(=O)N(C)CC1CCC1. The molecule has 1 saturated carbocycles. The minimum absolute atomic E-state index is 0.106. The van der Waals surface area contributed by atoms with Crippen molar-refractivity contribution in [3.05, 3.63) is 0 Å². The number of aliphatic carboxylic acids is 1. The number of carbonyl (C=O) groups excluding carboxylic acids is 1. The molecule has 1 aliphatic carbocycles. The number of carbonyl (C=O) groups is 2. The third-order valence-corrected chi connectivity index (χ3v) is 4.86. The van der Waals surface area contributed by atoms with Gasteiger partial charge in [0, 0.05) is 20.1 Å². The number of likely N-dealkylation sites (tertiary alicyclic amines) is 1. The Kier molecular flexibility index (Phi) is 4.55. The number of nitrogens with zero attached hydrogens (tertiary/aromatic N) is 2. The second-order valence-corrected chi connectivity index (χ2v) is 6.30. The van der Waals surface area contributed by atoms with Gasteiger partial charge in [0.25, 0.3) is 0 Å². The van der Waals surface area contributed by atoms with Gasteiger partial charge < -0.3 is 14.9 Å². The van der Waals surface area contributed by atoms with E-state index in [0.29, 0.717) is 25.3 Å². The highest BCUT2D eigenvalue weighted by molar-refractivity contribution is 5.87. The minimum Gasteiger partial charge on any atom is -0.479 e. The number of amides is 2. The van der Waals surface area contributed by atoms with E-state index in [0.717, 1.165) is 19.4 Å². The summed E-state index contributed by atoms with van der Waals surface area (Å²) in [4.78, 5) is 27.7. The minimum atomic E-state index is -0.973. The average molecular weight is 282 g/mol. The molecule has 0 radical (unpaired) electrons. The largest absolute Gasteiger partial charge is 0.479 e. The van der Waals surface area contributed by atoms with Gasteiger partial charge in [-0.1, -0.05) is 19.8 Å². The molecule has 0 bridgehead atoms. The summed E-state index contributed by atoms with van der Waals surface area (Å²) >= 11 is 0. The predicted molar refractivity (Wildman–Crippen MR) is 76.6 cm³/mol. The molecule has 1 N–H and O–H groups in total. The highest BCUT2D eigenvalue weighted by Crippen LogP contribution is 2.35. The van der Waals surface area contributed by atoms with Crippen LogP contribution in [0.25, 0.3) is 0 Å². The van der Waals surface area contributed by atoms with E-state index in [9.17, 15) is 14.7 Å². The monoisotopic (exact) mass is 282 g/mol. The second kappa shape index (κ2) is 6.02. The lowest BCUT2D eigenvalue weighted by Gasteiger charge is -2.38. The highest BCUT2D eigenvalue weighted by atomic mass is 16.4. The predicted octanol–water partition coefficient (Wildman–Crippen LogP) is 2.56. The first kappa shape index (κ1) is 15.1. The topological polar surface area (TPSA) is 60.9 Å². The van der Waals surface area contributed by atoms with E-state index in [4.69, 9.17) is 0 Å². The maximum absolute atomic E-state index is 12.6. The van der Waals surface area contributed by atoms with Crippen molar-refractivity contribution in [2.75, 3.05) is 20.1 Å². The van der Waals surface area contributed by atoms with E-state index in [1.165, 1.54) is 19.3 Å². The molecule has 5 heteroatoms. The van der Waals surface area contributed by atoms with Gasteiger partial charge in [-0.15, -0.1) is 0 Å². The molecule has 2 amide bonds.